The largest absolute Gasteiger partial charge is 0.493 e. The van der Waals surface area contributed by atoms with Gasteiger partial charge in [-0.05, 0) is 24.5 Å². The smallest absolute Gasteiger partial charge is 0.411 e. The molecule has 0 saturated heterocycles. The maximum Gasteiger partial charge on any atom is 0.411 e. The lowest BCUT2D eigenvalue weighted by Crippen LogP contribution is -2.18. The molecular formula is C14H17F3O3. The zero-order valence-corrected chi connectivity index (χ0v) is 10.9. The second-order valence-electron chi connectivity index (χ2n) is 4.75. The van der Waals surface area contributed by atoms with Crippen LogP contribution >= 0.6 is 0 Å². The van der Waals surface area contributed by atoms with Crippen LogP contribution in [0, 0.1) is 0 Å². The number of aliphatic hydroxyl groups is 1. The van der Waals surface area contributed by atoms with Gasteiger partial charge in [-0.3, -0.25) is 0 Å². The molecule has 1 atom stereocenters. The molecule has 1 aliphatic rings. The van der Waals surface area contributed by atoms with Crippen LogP contribution in [0.25, 0.3) is 0 Å². The molecule has 3 nitrogen and oxygen atoms in total. The molecule has 6 heteroatoms. The van der Waals surface area contributed by atoms with E-state index in [9.17, 15) is 18.3 Å². The van der Waals surface area contributed by atoms with Crippen LogP contribution in [0.5, 0.6) is 5.75 Å². The third-order valence-corrected chi connectivity index (χ3v) is 3.15. The van der Waals surface area contributed by atoms with Gasteiger partial charge in [-0.15, -0.1) is 0 Å². The van der Waals surface area contributed by atoms with Crippen molar-refractivity contribution in [2.24, 2.45) is 0 Å². The SMILES string of the molecule is OC1CCc2c(OCCCOCC(F)(F)F)cccc21. The topological polar surface area (TPSA) is 38.7 Å². The maximum atomic E-state index is 11.8. The molecule has 112 valence electrons. The minimum atomic E-state index is -4.28. The quantitative estimate of drug-likeness (QED) is 0.819. The first-order chi connectivity index (χ1) is 9.47. The maximum absolute atomic E-state index is 11.8. The van der Waals surface area contributed by atoms with E-state index in [4.69, 9.17) is 4.74 Å². The molecule has 1 unspecified atom stereocenters. The summed E-state index contributed by atoms with van der Waals surface area (Å²) in [5.41, 5.74) is 1.88. The van der Waals surface area contributed by atoms with Crippen molar-refractivity contribution in [3.05, 3.63) is 29.3 Å². The number of hydrogen-bond acceptors (Lipinski definition) is 3. The highest BCUT2D eigenvalue weighted by Gasteiger charge is 2.27. The Morgan fingerprint density at radius 2 is 2.05 bits per heavy atom. The van der Waals surface area contributed by atoms with Gasteiger partial charge in [-0.2, -0.15) is 13.2 Å². The zero-order valence-electron chi connectivity index (χ0n) is 10.9. The number of fused-ring (bicyclic) bond motifs is 1. The summed E-state index contributed by atoms with van der Waals surface area (Å²) in [5, 5.41) is 9.74. The van der Waals surface area contributed by atoms with E-state index in [0.717, 1.165) is 17.5 Å². The van der Waals surface area contributed by atoms with Crippen LogP contribution in [0.15, 0.2) is 18.2 Å². The van der Waals surface area contributed by atoms with Crippen LogP contribution in [0.1, 0.15) is 30.1 Å². The average molecular weight is 290 g/mol. The van der Waals surface area contributed by atoms with Crippen LogP contribution < -0.4 is 4.74 Å². The molecule has 1 aromatic rings. The van der Waals surface area contributed by atoms with E-state index in [1.165, 1.54) is 0 Å². The first-order valence-corrected chi connectivity index (χ1v) is 6.54. The van der Waals surface area contributed by atoms with Crippen molar-refractivity contribution in [1.29, 1.82) is 0 Å². The molecule has 0 spiro atoms. The molecule has 0 aromatic heterocycles. The molecule has 20 heavy (non-hydrogen) atoms. The summed E-state index contributed by atoms with van der Waals surface area (Å²) in [7, 11) is 0. The standard InChI is InChI=1S/C14H17F3O3/c15-14(16,17)9-19-7-2-8-20-13-4-1-3-10-11(13)5-6-12(10)18/h1,3-4,12,18H,2,5-9H2. The Labute approximate surface area is 115 Å². The van der Waals surface area contributed by atoms with E-state index in [-0.39, 0.29) is 6.61 Å². The lowest BCUT2D eigenvalue weighted by molar-refractivity contribution is -0.174. The molecule has 0 aliphatic heterocycles. The van der Waals surface area contributed by atoms with E-state index >= 15 is 0 Å². The normalized spacial score (nSPS) is 18.1. The Bertz CT molecular complexity index is 446. The zero-order chi connectivity index (χ0) is 14.6. The minimum Gasteiger partial charge on any atom is -0.493 e. The van der Waals surface area contributed by atoms with Gasteiger partial charge >= 0.3 is 6.18 Å². The fourth-order valence-electron chi connectivity index (χ4n) is 2.27. The Morgan fingerprint density at radius 1 is 1.25 bits per heavy atom. The average Bonchev–Trinajstić information content (AvgIpc) is 2.75. The predicted octanol–water partition coefficient (Wildman–Crippen LogP) is 3.01. The van der Waals surface area contributed by atoms with Gasteiger partial charge < -0.3 is 14.6 Å². The fraction of sp³-hybridized carbons (Fsp3) is 0.571. The van der Waals surface area contributed by atoms with E-state index in [0.29, 0.717) is 25.2 Å². The lowest BCUT2D eigenvalue weighted by atomic mass is 10.1. The van der Waals surface area contributed by atoms with Crippen LogP contribution in [0.4, 0.5) is 13.2 Å². The fourth-order valence-corrected chi connectivity index (χ4v) is 2.27. The summed E-state index contributed by atoms with van der Waals surface area (Å²) >= 11 is 0. The van der Waals surface area contributed by atoms with Crippen molar-refractivity contribution in [1.82, 2.24) is 0 Å². The van der Waals surface area contributed by atoms with E-state index in [2.05, 4.69) is 4.74 Å². The molecular weight excluding hydrogens is 273 g/mol. The summed E-state index contributed by atoms with van der Waals surface area (Å²) in [4.78, 5) is 0. The van der Waals surface area contributed by atoms with Gasteiger partial charge in [-0.25, -0.2) is 0 Å². The molecule has 0 heterocycles. The molecule has 2 rings (SSSR count). The third-order valence-electron chi connectivity index (χ3n) is 3.15. The Hall–Kier alpha value is -1.27. The predicted molar refractivity (Wildman–Crippen MR) is 66.7 cm³/mol. The molecule has 0 bridgehead atoms. The molecule has 1 aromatic carbocycles. The summed E-state index contributed by atoms with van der Waals surface area (Å²) in [6, 6.07) is 5.49. The highest BCUT2D eigenvalue weighted by molar-refractivity contribution is 5.44. The minimum absolute atomic E-state index is 0.0111. The number of aliphatic hydroxyl groups excluding tert-OH is 1. The Balaban J connectivity index is 1.73. The van der Waals surface area contributed by atoms with Gasteiger partial charge in [0.25, 0.3) is 0 Å². The molecule has 0 radical (unpaired) electrons. The summed E-state index contributed by atoms with van der Waals surface area (Å²) < 4.78 is 45.6. The summed E-state index contributed by atoms with van der Waals surface area (Å²) in [6.45, 7) is -0.915. The second-order valence-corrected chi connectivity index (χ2v) is 4.75. The summed E-state index contributed by atoms with van der Waals surface area (Å²) in [5.74, 6) is 0.704. The van der Waals surface area contributed by atoms with Gasteiger partial charge in [0.2, 0.25) is 0 Å². The van der Waals surface area contributed by atoms with Crippen LogP contribution in [0.3, 0.4) is 0 Å². The molecule has 0 saturated carbocycles. The van der Waals surface area contributed by atoms with Crippen molar-refractivity contribution >= 4 is 0 Å². The third kappa shape index (κ3) is 4.11. The van der Waals surface area contributed by atoms with E-state index < -0.39 is 18.9 Å². The number of benzene rings is 1. The van der Waals surface area contributed by atoms with E-state index in [1.807, 2.05) is 18.2 Å². The molecule has 0 fully saturated rings. The monoisotopic (exact) mass is 290 g/mol. The lowest BCUT2D eigenvalue weighted by Gasteiger charge is -2.12. The molecule has 0 amide bonds. The first kappa shape index (κ1) is 15.1. The Morgan fingerprint density at radius 3 is 2.80 bits per heavy atom. The van der Waals surface area contributed by atoms with Crippen molar-refractivity contribution in [3.63, 3.8) is 0 Å². The number of hydrogen-bond donors (Lipinski definition) is 1. The number of ether oxygens (including phenoxy) is 2. The summed E-state index contributed by atoms with van der Waals surface area (Å²) in [6.07, 6.45) is -2.88. The van der Waals surface area contributed by atoms with Gasteiger partial charge in [0.05, 0.1) is 19.3 Å². The number of halogens is 3. The van der Waals surface area contributed by atoms with Crippen LogP contribution in [0.2, 0.25) is 0 Å². The van der Waals surface area contributed by atoms with Crippen LogP contribution in [-0.4, -0.2) is 31.1 Å². The first-order valence-electron chi connectivity index (χ1n) is 6.54. The van der Waals surface area contributed by atoms with E-state index in [1.54, 1.807) is 0 Å². The highest BCUT2D eigenvalue weighted by Crippen LogP contribution is 2.36. The molecule has 1 aliphatic carbocycles. The van der Waals surface area contributed by atoms with Gasteiger partial charge in [0, 0.05) is 12.0 Å². The highest BCUT2D eigenvalue weighted by atomic mass is 19.4. The number of alkyl halides is 3. The van der Waals surface area contributed by atoms with Crippen molar-refractivity contribution in [2.75, 3.05) is 19.8 Å². The van der Waals surface area contributed by atoms with Gasteiger partial charge in [0.1, 0.15) is 12.4 Å². The number of rotatable bonds is 6. The van der Waals surface area contributed by atoms with Crippen molar-refractivity contribution in [3.8, 4) is 5.75 Å². The van der Waals surface area contributed by atoms with Crippen molar-refractivity contribution in [2.45, 2.75) is 31.5 Å². The second kappa shape index (κ2) is 6.45. The Kier molecular flexibility index (Phi) is 4.88. The van der Waals surface area contributed by atoms with Crippen LogP contribution in [-0.2, 0) is 11.2 Å². The molecule has 1 N–H and O–H groups in total. The van der Waals surface area contributed by atoms with Gasteiger partial charge in [0.15, 0.2) is 0 Å². The van der Waals surface area contributed by atoms with Gasteiger partial charge in [-0.1, -0.05) is 12.1 Å². The van der Waals surface area contributed by atoms with Crippen molar-refractivity contribution < 1.29 is 27.8 Å².